The van der Waals surface area contributed by atoms with Crippen LogP contribution in [0.5, 0.6) is 0 Å². The van der Waals surface area contributed by atoms with Crippen LogP contribution in [0.15, 0.2) is 251 Å². The second-order valence-corrected chi connectivity index (χ2v) is 20.9. The van der Waals surface area contributed by atoms with E-state index >= 15 is 0 Å². The van der Waals surface area contributed by atoms with Crippen molar-refractivity contribution in [2.24, 2.45) is 0 Å². The molecule has 0 spiro atoms. The normalized spacial score (nSPS) is 11.9. The van der Waals surface area contributed by atoms with E-state index in [2.05, 4.69) is 211 Å². The van der Waals surface area contributed by atoms with E-state index in [0.29, 0.717) is 5.89 Å². The molecule has 0 N–H and O–H groups in total. The molecule has 2 heterocycles. The number of nitrogens with zero attached hydrogens (tertiary/aromatic N) is 2. The van der Waals surface area contributed by atoms with Gasteiger partial charge in [-0.05, 0) is 114 Å². The van der Waals surface area contributed by atoms with Crippen molar-refractivity contribution in [3.63, 3.8) is 0 Å². The van der Waals surface area contributed by atoms with E-state index in [-0.39, 0.29) is 0 Å². The second-order valence-electron chi connectivity index (χ2n) is 17.1. The Kier molecular flexibility index (Phi) is 8.83. The van der Waals surface area contributed by atoms with Crippen molar-refractivity contribution in [3.05, 3.63) is 243 Å². The SMILES string of the molecule is c1ccc(-c2nc3ccc4ccc5ccc(N(c6cccc([Si](c7ccccc7)(c7ccccc7)c7ccc8oc9ccccc9c8c7)c6)c6ccc7ccccc7c6)cc5c4c3o2)cc1. The van der Waals surface area contributed by atoms with Gasteiger partial charge in [0, 0.05) is 38.8 Å². The predicted octanol–water partition coefficient (Wildman–Crippen LogP) is 13.7. The maximum absolute atomic E-state index is 6.69. The second kappa shape index (κ2) is 15.3. The first kappa shape index (κ1) is 38.0. The molecule has 310 valence electrons. The number of hydrogen-bond donors (Lipinski definition) is 0. The maximum Gasteiger partial charge on any atom is 0.227 e. The lowest BCUT2D eigenvalue weighted by Crippen LogP contribution is -2.74. The van der Waals surface area contributed by atoms with Gasteiger partial charge in [0.1, 0.15) is 16.7 Å². The van der Waals surface area contributed by atoms with Crippen molar-refractivity contribution < 1.29 is 8.83 Å². The number of benzene rings is 11. The van der Waals surface area contributed by atoms with E-state index in [4.69, 9.17) is 13.8 Å². The number of anilines is 3. The predicted molar refractivity (Wildman–Crippen MR) is 278 cm³/mol. The Morgan fingerprint density at radius 2 is 0.939 bits per heavy atom. The molecule has 5 heteroatoms. The van der Waals surface area contributed by atoms with E-state index in [0.717, 1.165) is 77.2 Å². The fourth-order valence-electron chi connectivity index (χ4n) is 10.3. The lowest BCUT2D eigenvalue weighted by molar-refractivity contribution is 0.623. The number of fused-ring (bicyclic) bond motifs is 9. The highest BCUT2D eigenvalue weighted by molar-refractivity contribution is 7.20. The zero-order valence-corrected chi connectivity index (χ0v) is 36.8. The molecule has 0 aliphatic heterocycles. The van der Waals surface area contributed by atoms with Crippen molar-refractivity contribution in [1.29, 1.82) is 0 Å². The van der Waals surface area contributed by atoms with Crippen LogP contribution in [0, 0.1) is 0 Å². The van der Waals surface area contributed by atoms with Crippen molar-refractivity contribution in [3.8, 4) is 11.5 Å². The molecule has 11 aromatic carbocycles. The topological polar surface area (TPSA) is 42.4 Å². The van der Waals surface area contributed by atoms with E-state index in [1.54, 1.807) is 0 Å². The van der Waals surface area contributed by atoms with Gasteiger partial charge < -0.3 is 13.7 Å². The molecule has 13 aromatic rings. The molecular weight excluding hydrogens is 821 g/mol. The van der Waals surface area contributed by atoms with Gasteiger partial charge in [-0.3, -0.25) is 0 Å². The largest absolute Gasteiger partial charge is 0.456 e. The fourth-order valence-corrected chi connectivity index (χ4v) is 15.1. The summed E-state index contributed by atoms with van der Waals surface area (Å²) in [4.78, 5) is 7.40. The Bertz CT molecular complexity index is 3910. The Morgan fingerprint density at radius 3 is 1.74 bits per heavy atom. The van der Waals surface area contributed by atoms with Crippen LogP contribution in [0.4, 0.5) is 17.1 Å². The first-order chi connectivity index (χ1) is 32.7. The van der Waals surface area contributed by atoms with E-state index in [9.17, 15) is 0 Å². The molecule has 0 amide bonds. The third-order valence-electron chi connectivity index (χ3n) is 13.4. The van der Waals surface area contributed by atoms with E-state index in [1.165, 1.54) is 31.5 Å². The van der Waals surface area contributed by atoms with Crippen LogP contribution in [-0.2, 0) is 0 Å². The number of para-hydroxylation sites is 1. The molecule has 66 heavy (non-hydrogen) atoms. The lowest BCUT2D eigenvalue weighted by Gasteiger charge is -2.35. The van der Waals surface area contributed by atoms with Crippen molar-refractivity contribution in [1.82, 2.24) is 4.98 Å². The molecule has 0 aliphatic rings. The van der Waals surface area contributed by atoms with Crippen molar-refractivity contribution >= 4 is 111 Å². The van der Waals surface area contributed by atoms with Gasteiger partial charge >= 0.3 is 0 Å². The Labute approximate surface area is 382 Å². The molecule has 0 atom stereocenters. The Morgan fingerprint density at radius 1 is 0.348 bits per heavy atom. The maximum atomic E-state index is 6.69. The van der Waals surface area contributed by atoms with Gasteiger partial charge in [-0.15, -0.1) is 0 Å². The number of rotatable bonds is 8. The molecule has 2 aromatic heterocycles. The first-order valence-electron chi connectivity index (χ1n) is 22.4. The van der Waals surface area contributed by atoms with Crippen LogP contribution < -0.4 is 25.6 Å². The van der Waals surface area contributed by atoms with Gasteiger partial charge in [-0.1, -0.05) is 176 Å². The molecule has 0 aliphatic carbocycles. The molecule has 0 fully saturated rings. The van der Waals surface area contributed by atoms with Crippen LogP contribution in [0.3, 0.4) is 0 Å². The highest BCUT2D eigenvalue weighted by atomic mass is 28.3. The molecule has 0 unspecified atom stereocenters. The van der Waals surface area contributed by atoms with Crippen LogP contribution in [-0.4, -0.2) is 13.1 Å². The van der Waals surface area contributed by atoms with Gasteiger partial charge in [-0.2, -0.15) is 0 Å². The highest BCUT2D eigenvalue weighted by Crippen LogP contribution is 2.41. The quantitative estimate of drug-likeness (QED) is 0.0867. The third kappa shape index (κ3) is 6.09. The van der Waals surface area contributed by atoms with Gasteiger partial charge in [0.25, 0.3) is 0 Å². The third-order valence-corrected chi connectivity index (χ3v) is 18.1. The fraction of sp³-hybridized carbons (Fsp3) is 0. The summed E-state index contributed by atoms with van der Waals surface area (Å²) in [6, 6.07) is 87.9. The molecular formula is C61H40N2O2Si. The average Bonchev–Trinajstić information content (AvgIpc) is 4.00. The summed E-state index contributed by atoms with van der Waals surface area (Å²) in [7, 11) is -3.02. The van der Waals surface area contributed by atoms with E-state index < -0.39 is 8.07 Å². The average molecular weight is 861 g/mol. The summed E-state index contributed by atoms with van der Waals surface area (Å²) in [5.74, 6) is 0.616. The van der Waals surface area contributed by atoms with Crippen LogP contribution in [0.1, 0.15) is 0 Å². The lowest BCUT2D eigenvalue weighted by atomic mass is 10.00. The van der Waals surface area contributed by atoms with Crippen LogP contribution >= 0.6 is 0 Å². The molecule has 0 saturated carbocycles. The first-order valence-corrected chi connectivity index (χ1v) is 24.4. The monoisotopic (exact) mass is 860 g/mol. The highest BCUT2D eigenvalue weighted by Gasteiger charge is 2.42. The summed E-state index contributed by atoms with van der Waals surface area (Å²) >= 11 is 0. The van der Waals surface area contributed by atoms with Gasteiger partial charge in [-0.25, -0.2) is 4.98 Å². The zero-order valence-electron chi connectivity index (χ0n) is 35.8. The van der Waals surface area contributed by atoms with Crippen molar-refractivity contribution in [2.75, 3.05) is 4.90 Å². The minimum Gasteiger partial charge on any atom is -0.456 e. The number of hydrogen-bond acceptors (Lipinski definition) is 4. The van der Waals surface area contributed by atoms with Gasteiger partial charge in [0.2, 0.25) is 5.89 Å². The summed E-state index contributed by atoms with van der Waals surface area (Å²) < 4.78 is 13.1. The zero-order chi connectivity index (χ0) is 43.6. The molecule has 0 radical (unpaired) electrons. The standard InChI is InChI=1S/C61H40N2O2Si/c1-4-16-44(17-5-1)61-62-56-35-31-43-28-27-42-30-33-48(39-54(42)59(43)60(56)65-61)63(47-32-29-41-15-10-11-18-45(41)37-47)46-19-14-24-51(38-46)66(49-20-6-2-7-21-49,50-22-8-3-9-23-50)52-34-36-58-55(40-52)53-25-12-13-26-57(53)64-58/h1-40H. The minimum absolute atomic E-state index is 0.616. The molecule has 4 nitrogen and oxygen atoms in total. The molecule has 0 saturated heterocycles. The number of aromatic nitrogens is 1. The summed E-state index contributed by atoms with van der Waals surface area (Å²) in [6.45, 7) is 0. The minimum atomic E-state index is -3.02. The summed E-state index contributed by atoms with van der Waals surface area (Å²) in [6.07, 6.45) is 0. The van der Waals surface area contributed by atoms with Crippen LogP contribution in [0.25, 0.3) is 76.8 Å². The number of furan rings is 1. The van der Waals surface area contributed by atoms with Gasteiger partial charge in [0.15, 0.2) is 13.7 Å². The number of oxazole rings is 1. The summed E-state index contributed by atoms with van der Waals surface area (Å²) in [5, 5.41) is 14.2. The van der Waals surface area contributed by atoms with E-state index in [1.807, 2.05) is 36.4 Å². The van der Waals surface area contributed by atoms with Gasteiger partial charge in [0.05, 0.1) is 0 Å². The Hall–Kier alpha value is -8.51. The Balaban J connectivity index is 1.07. The van der Waals surface area contributed by atoms with Crippen LogP contribution in [0.2, 0.25) is 0 Å². The molecule has 13 rings (SSSR count). The van der Waals surface area contributed by atoms with Crippen molar-refractivity contribution in [2.45, 2.75) is 0 Å². The molecule has 0 bridgehead atoms. The summed E-state index contributed by atoms with van der Waals surface area (Å²) in [5.41, 5.74) is 7.54. The smallest absolute Gasteiger partial charge is 0.227 e.